The molecule has 1 heterocycles. The van der Waals surface area contributed by atoms with Gasteiger partial charge < -0.3 is 14.8 Å². The molecule has 7 heteroatoms. The molecule has 0 spiro atoms. The smallest absolute Gasteiger partial charge is 0.346 e. The monoisotopic (exact) mass is 423 g/mol. The number of carbonyl (C=O) groups is 2. The van der Waals surface area contributed by atoms with Crippen molar-refractivity contribution < 1.29 is 19.1 Å². The second-order valence-corrected chi connectivity index (χ2v) is 8.22. The van der Waals surface area contributed by atoms with E-state index < -0.39 is 11.6 Å². The van der Waals surface area contributed by atoms with Crippen molar-refractivity contribution in [1.29, 1.82) is 0 Å². The van der Waals surface area contributed by atoms with Gasteiger partial charge in [0.2, 0.25) is 0 Å². The first-order valence-corrected chi connectivity index (χ1v) is 10.4. The van der Waals surface area contributed by atoms with Gasteiger partial charge in [0, 0.05) is 0 Å². The first kappa shape index (κ1) is 22.3. The highest BCUT2D eigenvalue weighted by molar-refractivity contribution is 6.07. The number of ether oxygens (including phenoxy) is 2. The van der Waals surface area contributed by atoms with Crippen LogP contribution < -0.4 is 14.8 Å². The maximum atomic E-state index is 12.9. The molecule has 1 saturated heterocycles. The van der Waals surface area contributed by atoms with Gasteiger partial charge in [0.1, 0.15) is 5.54 Å². The standard InChI is InChI=1S/C24H29N3O4/c1-17(2)16-31-20-11-10-19(14-21(20)30-4)15-25-27-22(28)24(3,26-23(27)29)13-12-18-8-6-5-7-9-18/h5-11,14-15,17H,12-13,16H2,1-4H3,(H,26,29)/b25-15-/t24-/m1/s1. The van der Waals surface area contributed by atoms with Crippen molar-refractivity contribution in [2.24, 2.45) is 11.0 Å². The first-order chi connectivity index (χ1) is 14.8. The van der Waals surface area contributed by atoms with Gasteiger partial charge in [-0.1, -0.05) is 44.2 Å². The number of amides is 3. The van der Waals surface area contributed by atoms with Crippen LogP contribution in [0.3, 0.4) is 0 Å². The molecule has 31 heavy (non-hydrogen) atoms. The third-order valence-electron chi connectivity index (χ3n) is 5.08. The molecular formula is C24H29N3O4. The predicted molar refractivity (Wildman–Crippen MR) is 119 cm³/mol. The van der Waals surface area contributed by atoms with Gasteiger partial charge in [-0.25, -0.2) is 4.79 Å². The molecule has 1 aliphatic heterocycles. The van der Waals surface area contributed by atoms with Crippen LogP contribution in [0, 0.1) is 5.92 Å². The number of nitrogens with one attached hydrogen (secondary N) is 1. The van der Waals surface area contributed by atoms with Crippen LogP contribution in [0.4, 0.5) is 4.79 Å². The Morgan fingerprint density at radius 1 is 1.13 bits per heavy atom. The number of carbonyl (C=O) groups excluding carboxylic acids is 2. The highest BCUT2D eigenvalue weighted by Crippen LogP contribution is 2.28. The zero-order valence-corrected chi connectivity index (χ0v) is 18.4. The van der Waals surface area contributed by atoms with E-state index in [0.717, 1.165) is 10.6 Å². The summed E-state index contributed by atoms with van der Waals surface area (Å²) in [6, 6.07) is 14.7. The molecule has 0 aliphatic carbocycles. The molecule has 3 rings (SSSR count). The number of benzene rings is 2. The van der Waals surface area contributed by atoms with Gasteiger partial charge in [-0.15, -0.1) is 5.01 Å². The molecule has 2 aromatic rings. The zero-order valence-electron chi connectivity index (χ0n) is 18.4. The van der Waals surface area contributed by atoms with E-state index in [1.54, 1.807) is 32.2 Å². The lowest BCUT2D eigenvalue weighted by atomic mass is 9.93. The van der Waals surface area contributed by atoms with Gasteiger partial charge in [-0.05, 0) is 55.0 Å². The van der Waals surface area contributed by atoms with Crippen molar-refractivity contribution in [3.05, 3.63) is 59.7 Å². The number of hydrogen-bond acceptors (Lipinski definition) is 5. The van der Waals surface area contributed by atoms with E-state index in [1.165, 1.54) is 6.21 Å². The third-order valence-corrected chi connectivity index (χ3v) is 5.08. The number of rotatable bonds is 9. The highest BCUT2D eigenvalue weighted by Gasteiger charge is 2.47. The fourth-order valence-electron chi connectivity index (χ4n) is 3.25. The van der Waals surface area contributed by atoms with Gasteiger partial charge in [0.05, 0.1) is 19.9 Å². The maximum absolute atomic E-state index is 12.9. The summed E-state index contributed by atoms with van der Waals surface area (Å²) in [7, 11) is 1.56. The second-order valence-electron chi connectivity index (χ2n) is 8.22. The van der Waals surface area contributed by atoms with E-state index in [-0.39, 0.29) is 5.91 Å². The molecule has 0 bridgehead atoms. The number of imide groups is 1. The quantitative estimate of drug-likeness (QED) is 0.488. The number of hydrogen-bond donors (Lipinski definition) is 1. The average molecular weight is 424 g/mol. The summed E-state index contributed by atoms with van der Waals surface area (Å²) in [4.78, 5) is 25.3. The SMILES string of the molecule is COc1cc(/C=N\N2C(=O)N[C@](C)(CCc3ccccc3)C2=O)ccc1OCC(C)C. The fourth-order valence-corrected chi connectivity index (χ4v) is 3.25. The number of aryl methyl sites for hydroxylation is 1. The lowest BCUT2D eigenvalue weighted by molar-refractivity contribution is -0.130. The summed E-state index contributed by atoms with van der Waals surface area (Å²) in [6.07, 6.45) is 2.63. The van der Waals surface area contributed by atoms with E-state index in [2.05, 4.69) is 24.3 Å². The Labute approximate surface area is 183 Å². The molecule has 3 amide bonds. The summed E-state index contributed by atoms with van der Waals surface area (Å²) < 4.78 is 11.1. The summed E-state index contributed by atoms with van der Waals surface area (Å²) >= 11 is 0. The molecule has 1 fully saturated rings. The van der Waals surface area contributed by atoms with Crippen LogP contribution in [0.25, 0.3) is 0 Å². The average Bonchev–Trinajstić information content (AvgIpc) is 2.98. The minimum atomic E-state index is -0.990. The van der Waals surface area contributed by atoms with Crippen molar-refractivity contribution in [3.8, 4) is 11.5 Å². The summed E-state index contributed by atoms with van der Waals surface area (Å²) in [6.45, 7) is 6.45. The van der Waals surface area contributed by atoms with Crippen LogP contribution in [-0.2, 0) is 11.2 Å². The molecule has 0 aromatic heterocycles. The molecule has 0 saturated carbocycles. The molecular weight excluding hydrogens is 394 g/mol. The predicted octanol–water partition coefficient (Wildman–Crippen LogP) is 4.01. The Kier molecular flexibility index (Phi) is 6.95. The molecule has 0 unspecified atom stereocenters. The number of methoxy groups -OCH3 is 1. The Hall–Kier alpha value is -3.35. The molecule has 164 valence electrons. The van der Waals surface area contributed by atoms with Crippen LogP contribution in [0.2, 0.25) is 0 Å². The molecule has 7 nitrogen and oxygen atoms in total. The highest BCUT2D eigenvalue weighted by atomic mass is 16.5. The van der Waals surface area contributed by atoms with Crippen molar-refractivity contribution in [3.63, 3.8) is 0 Å². The van der Waals surface area contributed by atoms with Crippen molar-refractivity contribution in [2.75, 3.05) is 13.7 Å². The van der Waals surface area contributed by atoms with E-state index in [1.807, 2.05) is 30.3 Å². The van der Waals surface area contributed by atoms with Gasteiger partial charge in [-0.3, -0.25) is 4.79 Å². The lowest BCUT2D eigenvalue weighted by Gasteiger charge is -2.20. The van der Waals surface area contributed by atoms with E-state index >= 15 is 0 Å². The Morgan fingerprint density at radius 2 is 1.87 bits per heavy atom. The minimum Gasteiger partial charge on any atom is -0.493 e. The summed E-state index contributed by atoms with van der Waals surface area (Å²) in [5.74, 6) is 1.22. The minimum absolute atomic E-state index is 0.367. The maximum Gasteiger partial charge on any atom is 0.346 e. The van der Waals surface area contributed by atoms with Crippen LogP contribution in [0.15, 0.2) is 53.6 Å². The zero-order chi connectivity index (χ0) is 22.4. The van der Waals surface area contributed by atoms with Crippen LogP contribution in [-0.4, -0.2) is 42.4 Å². The van der Waals surface area contributed by atoms with Crippen LogP contribution in [0.5, 0.6) is 11.5 Å². The fraction of sp³-hybridized carbons (Fsp3) is 0.375. The van der Waals surface area contributed by atoms with E-state index in [4.69, 9.17) is 9.47 Å². The van der Waals surface area contributed by atoms with Gasteiger partial charge in [0.15, 0.2) is 11.5 Å². The summed E-state index contributed by atoms with van der Waals surface area (Å²) in [5, 5.41) is 7.80. The van der Waals surface area contributed by atoms with E-state index in [0.29, 0.717) is 42.4 Å². The Bertz CT molecular complexity index is 959. The van der Waals surface area contributed by atoms with Crippen LogP contribution >= 0.6 is 0 Å². The van der Waals surface area contributed by atoms with Crippen molar-refractivity contribution in [2.45, 2.75) is 39.2 Å². The number of hydrazone groups is 1. The van der Waals surface area contributed by atoms with Crippen molar-refractivity contribution in [1.82, 2.24) is 10.3 Å². The molecule has 1 aliphatic rings. The van der Waals surface area contributed by atoms with E-state index in [9.17, 15) is 9.59 Å². The number of urea groups is 1. The molecule has 1 N–H and O–H groups in total. The normalized spacial score (nSPS) is 18.7. The van der Waals surface area contributed by atoms with Crippen molar-refractivity contribution >= 4 is 18.2 Å². The topological polar surface area (TPSA) is 80.2 Å². The molecule has 2 aromatic carbocycles. The van der Waals surface area contributed by atoms with Crippen LogP contribution in [0.1, 0.15) is 38.3 Å². The van der Waals surface area contributed by atoms with Gasteiger partial charge >= 0.3 is 6.03 Å². The second kappa shape index (κ2) is 9.64. The van der Waals surface area contributed by atoms with Gasteiger partial charge in [0.25, 0.3) is 5.91 Å². The third kappa shape index (κ3) is 5.42. The largest absolute Gasteiger partial charge is 0.493 e. The number of nitrogens with zero attached hydrogens (tertiary/aromatic N) is 2. The lowest BCUT2D eigenvalue weighted by Crippen LogP contribution is -2.44. The van der Waals surface area contributed by atoms with Gasteiger partial charge in [-0.2, -0.15) is 5.10 Å². The molecule has 1 atom stereocenters. The molecule has 0 radical (unpaired) electrons. The summed E-state index contributed by atoms with van der Waals surface area (Å²) in [5.41, 5.74) is 0.808. The Morgan fingerprint density at radius 3 is 2.55 bits per heavy atom. The Balaban J connectivity index is 1.69. The first-order valence-electron chi connectivity index (χ1n) is 10.4.